The summed E-state index contributed by atoms with van der Waals surface area (Å²) in [6.07, 6.45) is 15.5. The first-order valence-corrected chi connectivity index (χ1v) is 10.7. The molecule has 1 aliphatic carbocycles. The van der Waals surface area contributed by atoms with Gasteiger partial charge < -0.3 is 4.90 Å². The van der Waals surface area contributed by atoms with Crippen LogP contribution in [0, 0.1) is 0 Å². The van der Waals surface area contributed by atoms with Crippen LogP contribution in [0.1, 0.15) is 61.7 Å². The van der Waals surface area contributed by atoms with Crippen molar-refractivity contribution in [3.8, 4) is 0 Å². The molecule has 5 nitrogen and oxygen atoms in total. The van der Waals surface area contributed by atoms with Crippen LogP contribution in [0.5, 0.6) is 0 Å². The van der Waals surface area contributed by atoms with Crippen molar-refractivity contribution in [3.63, 3.8) is 0 Å². The van der Waals surface area contributed by atoms with E-state index in [1.54, 1.807) is 12.4 Å². The van der Waals surface area contributed by atoms with Gasteiger partial charge in [-0.15, -0.1) is 0 Å². The highest BCUT2D eigenvalue weighted by Gasteiger charge is 2.40. The van der Waals surface area contributed by atoms with Crippen LogP contribution in [-0.4, -0.2) is 64.2 Å². The van der Waals surface area contributed by atoms with E-state index in [1.165, 1.54) is 76.2 Å². The molecular weight excluding hydrogens is 332 g/mol. The summed E-state index contributed by atoms with van der Waals surface area (Å²) in [6.45, 7) is 3.19. The van der Waals surface area contributed by atoms with Crippen molar-refractivity contribution >= 4 is 17.7 Å². The monoisotopic (exact) mass is 362 g/mol. The molecule has 2 heterocycles. The maximum atomic E-state index is 12.9. The Morgan fingerprint density at radius 2 is 1.72 bits per heavy atom. The van der Waals surface area contributed by atoms with E-state index in [0.29, 0.717) is 10.7 Å². The lowest BCUT2D eigenvalue weighted by Gasteiger charge is -2.49. The topological polar surface area (TPSA) is 49.3 Å². The molecule has 0 atom stereocenters. The summed E-state index contributed by atoms with van der Waals surface area (Å²) in [5.74, 6) is 0.0367. The molecular formula is C19H30N4OS. The minimum absolute atomic E-state index is 0.0367. The van der Waals surface area contributed by atoms with E-state index in [4.69, 9.17) is 0 Å². The maximum absolute atomic E-state index is 12.9. The van der Waals surface area contributed by atoms with Crippen LogP contribution >= 0.6 is 11.8 Å². The highest BCUT2D eigenvalue weighted by molar-refractivity contribution is 7.98. The molecule has 1 aliphatic heterocycles. The number of carbonyl (C=O) groups excluding carboxylic acids is 1. The number of thioether (sulfide) groups is 1. The summed E-state index contributed by atoms with van der Waals surface area (Å²) in [5, 5.41) is 0.705. The molecule has 0 aromatic carbocycles. The van der Waals surface area contributed by atoms with Gasteiger partial charge in [-0.1, -0.05) is 37.4 Å². The molecule has 1 amide bonds. The SMILES string of the molecule is CSc1ncc(C(=O)N(C)CC2(N3CCCCC3)CCCCC2)cn1. The number of rotatable bonds is 5. The van der Waals surface area contributed by atoms with Crippen molar-refractivity contribution in [3.05, 3.63) is 18.0 Å². The van der Waals surface area contributed by atoms with Gasteiger partial charge in [0.1, 0.15) is 0 Å². The highest BCUT2D eigenvalue weighted by atomic mass is 32.2. The van der Waals surface area contributed by atoms with Gasteiger partial charge in [-0.25, -0.2) is 9.97 Å². The normalized spacial score (nSPS) is 21.0. The molecule has 0 unspecified atom stereocenters. The lowest BCUT2D eigenvalue weighted by molar-refractivity contribution is 0.00987. The van der Waals surface area contributed by atoms with Gasteiger partial charge in [-0.05, 0) is 45.0 Å². The molecule has 0 radical (unpaired) electrons. The fraction of sp³-hybridized carbons (Fsp3) is 0.737. The first-order valence-electron chi connectivity index (χ1n) is 9.51. The molecule has 0 bridgehead atoms. The molecule has 2 fully saturated rings. The van der Waals surface area contributed by atoms with Crippen LogP contribution in [0.3, 0.4) is 0 Å². The van der Waals surface area contributed by atoms with Gasteiger partial charge in [0.05, 0.1) is 5.56 Å². The number of carbonyl (C=O) groups is 1. The number of hydrogen-bond donors (Lipinski definition) is 0. The quantitative estimate of drug-likeness (QED) is 0.593. The van der Waals surface area contributed by atoms with Gasteiger partial charge in [0.15, 0.2) is 5.16 Å². The van der Waals surface area contributed by atoms with Crippen molar-refractivity contribution in [2.24, 2.45) is 0 Å². The van der Waals surface area contributed by atoms with Crippen molar-refractivity contribution in [2.45, 2.75) is 62.1 Å². The molecule has 6 heteroatoms. The van der Waals surface area contributed by atoms with Gasteiger partial charge in [0.25, 0.3) is 5.91 Å². The zero-order valence-corrected chi connectivity index (χ0v) is 16.4. The van der Waals surface area contributed by atoms with Crippen LogP contribution in [0.4, 0.5) is 0 Å². The lowest BCUT2D eigenvalue weighted by atomic mass is 9.78. The van der Waals surface area contributed by atoms with E-state index < -0.39 is 0 Å². The van der Waals surface area contributed by atoms with E-state index in [2.05, 4.69) is 14.9 Å². The van der Waals surface area contributed by atoms with Gasteiger partial charge in [0, 0.05) is 31.5 Å². The lowest BCUT2D eigenvalue weighted by Crippen LogP contribution is -2.58. The minimum atomic E-state index is 0.0367. The molecule has 1 aromatic heterocycles. The number of likely N-dealkylation sites (tertiary alicyclic amines) is 1. The Morgan fingerprint density at radius 1 is 1.12 bits per heavy atom. The number of likely N-dealkylation sites (N-methyl/N-ethyl adjacent to an activating group) is 1. The first-order chi connectivity index (χ1) is 12.1. The molecule has 2 aliphatic rings. The summed E-state index contributed by atoms with van der Waals surface area (Å²) < 4.78 is 0. The smallest absolute Gasteiger partial charge is 0.256 e. The van der Waals surface area contributed by atoms with Crippen molar-refractivity contribution < 1.29 is 4.79 Å². The number of amides is 1. The summed E-state index contributed by atoms with van der Waals surface area (Å²) in [4.78, 5) is 25.9. The second-order valence-corrected chi connectivity index (χ2v) is 8.23. The Bertz CT molecular complexity index is 565. The fourth-order valence-electron chi connectivity index (χ4n) is 4.42. The van der Waals surface area contributed by atoms with Crippen molar-refractivity contribution in [1.29, 1.82) is 0 Å². The number of nitrogens with zero attached hydrogens (tertiary/aromatic N) is 4. The summed E-state index contributed by atoms with van der Waals surface area (Å²) in [5.41, 5.74) is 0.758. The molecule has 0 spiro atoms. The molecule has 1 saturated heterocycles. The second-order valence-electron chi connectivity index (χ2n) is 7.45. The molecule has 1 saturated carbocycles. The van der Waals surface area contributed by atoms with Gasteiger partial charge in [-0.3, -0.25) is 9.69 Å². The highest BCUT2D eigenvalue weighted by Crippen LogP contribution is 2.36. The standard InChI is InChI=1S/C19H30N4OS/c1-22(17(24)16-13-20-18(25-2)21-14-16)15-19(9-5-3-6-10-19)23-11-7-4-8-12-23/h13-14H,3-12,15H2,1-2H3. The molecule has 3 rings (SSSR count). The van der Waals surface area contributed by atoms with E-state index in [0.717, 1.165) is 6.54 Å². The Morgan fingerprint density at radius 3 is 2.32 bits per heavy atom. The Balaban J connectivity index is 1.72. The molecule has 0 N–H and O–H groups in total. The van der Waals surface area contributed by atoms with E-state index in [-0.39, 0.29) is 11.4 Å². The van der Waals surface area contributed by atoms with Gasteiger partial charge >= 0.3 is 0 Å². The van der Waals surface area contributed by atoms with Crippen LogP contribution < -0.4 is 0 Å². The van der Waals surface area contributed by atoms with Crippen LogP contribution in [-0.2, 0) is 0 Å². The first kappa shape index (κ1) is 18.6. The molecule has 25 heavy (non-hydrogen) atoms. The predicted molar refractivity (Wildman–Crippen MR) is 102 cm³/mol. The van der Waals surface area contributed by atoms with E-state index >= 15 is 0 Å². The molecule has 138 valence electrons. The zero-order chi connectivity index (χ0) is 17.7. The number of piperidine rings is 1. The Kier molecular flexibility index (Phi) is 6.34. The maximum Gasteiger partial charge on any atom is 0.256 e. The third kappa shape index (κ3) is 4.34. The molecule has 1 aromatic rings. The van der Waals surface area contributed by atoms with Crippen molar-refractivity contribution in [1.82, 2.24) is 19.8 Å². The Labute approximate surface area is 155 Å². The minimum Gasteiger partial charge on any atom is -0.340 e. The largest absolute Gasteiger partial charge is 0.340 e. The van der Waals surface area contributed by atoms with Crippen LogP contribution in [0.2, 0.25) is 0 Å². The average molecular weight is 363 g/mol. The zero-order valence-electron chi connectivity index (χ0n) is 15.5. The third-order valence-corrected chi connectivity index (χ3v) is 6.32. The summed E-state index contributed by atoms with van der Waals surface area (Å²) in [6, 6.07) is 0. The predicted octanol–water partition coefficient (Wildman–Crippen LogP) is 3.46. The summed E-state index contributed by atoms with van der Waals surface area (Å²) in [7, 11) is 1.94. The van der Waals surface area contributed by atoms with Gasteiger partial charge in [-0.2, -0.15) is 0 Å². The van der Waals surface area contributed by atoms with E-state index in [9.17, 15) is 4.79 Å². The number of aromatic nitrogens is 2. The van der Waals surface area contributed by atoms with E-state index in [1.807, 2.05) is 18.2 Å². The number of hydrogen-bond acceptors (Lipinski definition) is 5. The third-order valence-electron chi connectivity index (χ3n) is 5.75. The van der Waals surface area contributed by atoms with Crippen LogP contribution in [0.25, 0.3) is 0 Å². The Hall–Kier alpha value is -1.14. The average Bonchev–Trinajstić information content (AvgIpc) is 2.69. The van der Waals surface area contributed by atoms with Crippen LogP contribution in [0.15, 0.2) is 17.6 Å². The second kappa shape index (κ2) is 8.49. The summed E-state index contributed by atoms with van der Waals surface area (Å²) >= 11 is 1.49. The van der Waals surface area contributed by atoms with Crippen molar-refractivity contribution in [2.75, 3.05) is 32.9 Å². The van der Waals surface area contributed by atoms with Gasteiger partial charge in [0.2, 0.25) is 0 Å². The fourth-order valence-corrected chi connectivity index (χ4v) is 4.73.